The van der Waals surface area contributed by atoms with Crippen molar-refractivity contribution in [2.75, 3.05) is 19.1 Å². The van der Waals surface area contributed by atoms with Gasteiger partial charge < -0.3 is 13.7 Å². The number of halogens is 2. The van der Waals surface area contributed by atoms with Gasteiger partial charge in [-0.2, -0.15) is 8.42 Å². The van der Waals surface area contributed by atoms with Crippen molar-refractivity contribution in [3.63, 3.8) is 0 Å². The Morgan fingerprint density at radius 1 is 0.950 bits per heavy atom. The molecule has 0 atom stereocenters. The smallest absolute Gasteiger partial charge is 0.339 e. The third-order valence-electron chi connectivity index (χ3n) is 5.51. The van der Waals surface area contributed by atoms with Crippen LogP contribution in [-0.2, 0) is 24.4 Å². The van der Waals surface area contributed by atoms with Crippen molar-refractivity contribution < 1.29 is 41.3 Å². The van der Waals surface area contributed by atoms with Gasteiger partial charge in [-0.25, -0.2) is 14.5 Å². The van der Waals surface area contributed by atoms with E-state index < -0.39 is 39.5 Å². The number of methoxy groups -OCH3 is 2. The fourth-order valence-corrected chi connectivity index (χ4v) is 4.97. The van der Waals surface area contributed by atoms with Gasteiger partial charge in [0, 0.05) is 5.02 Å². The molecule has 0 spiro atoms. The standard InChI is InChI=1S/C26H18Cl2N2O9S/c1-37-21-13-14(12-20(28)22(21)39-40(35,36)18-9-5-16(27)6-10-18)11-19-23(31)29-26(34)30(24(19)32)17-7-3-15(4-8-17)25(33)38-2/h3-13H,1-2H3,(H,29,31,34)/b19-11+. The zero-order valence-corrected chi connectivity index (χ0v) is 23.0. The van der Waals surface area contributed by atoms with Crippen LogP contribution in [0, 0.1) is 0 Å². The number of urea groups is 1. The summed E-state index contributed by atoms with van der Waals surface area (Å²) in [6, 6.07) is 12.2. The lowest BCUT2D eigenvalue weighted by Crippen LogP contribution is -2.54. The fraction of sp³-hybridized carbons (Fsp3) is 0.0769. The minimum Gasteiger partial charge on any atom is -0.493 e. The van der Waals surface area contributed by atoms with E-state index in [9.17, 15) is 27.6 Å². The Morgan fingerprint density at radius 2 is 1.60 bits per heavy atom. The van der Waals surface area contributed by atoms with Crippen LogP contribution in [0.25, 0.3) is 6.08 Å². The summed E-state index contributed by atoms with van der Waals surface area (Å²) in [7, 11) is -1.88. The number of benzene rings is 3. The molecule has 3 aromatic carbocycles. The predicted molar refractivity (Wildman–Crippen MR) is 144 cm³/mol. The average Bonchev–Trinajstić information content (AvgIpc) is 2.92. The van der Waals surface area contributed by atoms with Gasteiger partial charge in [0.25, 0.3) is 11.8 Å². The Morgan fingerprint density at radius 3 is 2.20 bits per heavy atom. The predicted octanol–water partition coefficient (Wildman–Crippen LogP) is 4.22. The molecule has 1 N–H and O–H groups in total. The van der Waals surface area contributed by atoms with Crippen molar-refractivity contribution in [1.29, 1.82) is 0 Å². The summed E-state index contributed by atoms with van der Waals surface area (Å²) in [4.78, 5) is 50.5. The average molecular weight is 605 g/mol. The number of nitrogens with zero attached hydrogens (tertiary/aromatic N) is 1. The van der Waals surface area contributed by atoms with Gasteiger partial charge in [-0.15, -0.1) is 0 Å². The van der Waals surface area contributed by atoms with Gasteiger partial charge in [0.05, 0.1) is 30.5 Å². The van der Waals surface area contributed by atoms with Crippen LogP contribution in [0.4, 0.5) is 10.5 Å². The summed E-state index contributed by atoms with van der Waals surface area (Å²) in [5.74, 6) is -3.00. The van der Waals surface area contributed by atoms with Crippen LogP contribution in [0.1, 0.15) is 15.9 Å². The van der Waals surface area contributed by atoms with Crippen LogP contribution >= 0.6 is 23.2 Å². The van der Waals surface area contributed by atoms with Gasteiger partial charge in [0.2, 0.25) is 5.75 Å². The highest BCUT2D eigenvalue weighted by molar-refractivity contribution is 7.87. The summed E-state index contributed by atoms with van der Waals surface area (Å²) in [5.41, 5.74) is -0.00505. The minimum atomic E-state index is -4.33. The van der Waals surface area contributed by atoms with Crippen molar-refractivity contribution in [3.05, 3.63) is 87.4 Å². The third kappa shape index (κ3) is 5.78. The maximum Gasteiger partial charge on any atom is 0.339 e. The largest absolute Gasteiger partial charge is 0.493 e. The van der Waals surface area contributed by atoms with Gasteiger partial charge in [0.15, 0.2) is 5.75 Å². The Kier molecular flexibility index (Phi) is 8.14. The maximum atomic E-state index is 13.2. The van der Waals surface area contributed by atoms with Crippen LogP contribution in [-0.4, -0.2) is 46.5 Å². The van der Waals surface area contributed by atoms with Crippen molar-refractivity contribution in [3.8, 4) is 11.5 Å². The summed E-state index contributed by atoms with van der Waals surface area (Å²) in [6.45, 7) is 0. The molecule has 40 heavy (non-hydrogen) atoms. The highest BCUT2D eigenvalue weighted by Crippen LogP contribution is 2.39. The van der Waals surface area contributed by atoms with E-state index >= 15 is 0 Å². The van der Waals surface area contributed by atoms with Crippen molar-refractivity contribution in [2.24, 2.45) is 0 Å². The quantitative estimate of drug-likeness (QED) is 0.181. The molecule has 1 aliphatic rings. The first-order chi connectivity index (χ1) is 18.9. The molecule has 0 aliphatic carbocycles. The lowest BCUT2D eigenvalue weighted by Gasteiger charge is -2.26. The van der Waals surface area contributed by atoms with Gasteiger partial charge in [-0.05, 0) is 72.3 Å². The number of nitrogens with one attached hydrogen (secondary N) is 1. The fourth-order valence-electron chi connectivity index (χ4n) is 3.59. The number of hydrogen-bond donors (Lipinski definition) is 1. The molecule has 11 nitrogen and oxygen atoms in total. The SMILES string of the molecule is COC(=O)c1ccc(N2C(=O)NC(=O)/C(=C\c3cc(Cl)c(OS(=O)(=O)c4ccc(Cl)cc4)c(OC)c3)C2=O)cc1. The Hall–Kier alpha value is -4.39. The van der Waals surface area contributed by atoms with Crippen LogP contribution in [0.5, 0.6) is 11.5 Å². The lowest BCUT2D eigenvalue weighted by molar-refractivity contribution is -0.122. The molecule has 4 amide bonds. The lowest BCUT2D eigenvalue weighted by atomic mass is 10.1. The molecule has 3 aromatic rings. The van der Waals surface area contributed by atoms with Gasteiger partial charge in [-0.3, -0.25) is 14.9 Å². The Bertz CT molecular complexity index is 1670. The van der Waals surface area contributed by atoms with Gasteiger partial charge >= 0.3 is 22.1 Å². The zero-order chi connectivity index (χ0) is 29.2. The topological polar surface area (TPSA) is 145 Å². The van der Waals surface area contributed by atoms with E-state index in [1.54, 1.807) is 0 Å². The van der Waals surface area contributed by atoms with E-state index in [0.29, 0.717) is 9.92 Å². The molecule has 0 unspecified atom stereocenters. The van der Waals surface area contributed by atoms with Gasteiger partial charge in [0.1, 0.15) is 10.5 Å². The molecule has 1 aliphatic heterocycles. The first kappa shape index (κ1) is 28.6. The number of ether oxygens (including phenoxy) is 2. The third-order valence-corrected chi connectivity index (χ3v) is 7.27. The number of carbonyl (C=O) groups is 4. The number of esters is 1. The molecule has 1 heterocycles. The second-order valence-corrected chi connectivity index (χ2v) is 10.4. The molecular weight excluding hydrogens is 587 g/mol. The van der Waals surface area contributed by atoms with Crippen LogP contribution in [0.3, 0.4) is 0 Å². The first-order valence-electron chi connectivity index (χ1n) is 11.1. The van der Waals surface area contributed by atoms with E-state index in [1.165, 1.54) is 74.9 Å². The molecule has 0 radical (unpaired) electrons. The van der Waals surface area contributed by atoms with Crippen LogP contribution < -0.4 is 19.1 Å². The Labute approximate surface area is 238 Å². The molecule has 0 saturated carbocycles. The van der Waals surface area contributed by atoms with E-state index in [4.69, 9.17) is 32.1 Å². The van der Waals surface area contributed by atoms with Crippen molar-refractivity contribution in [2.45, 2.75) is 4.90 Å². The van der Waals surface area contributed by atoms with Gasteiger partial charge in [-0.1, -0.05) is 23.2 Å². The number of anilines is 1. The van der Waals surface area contributed by atoms with E-state index in [0.717, 1.165) is 6.08 Å². The highest BCUT2D eigenvalue weighted by Gasteiger charge is 2.37. The number of hydrogen-bond acceptors (Lipinski definition) is 9. The monoisotopic (exact) mass is 604 g/mol. The second-order valence-electron chi connectivity index (χ2n) is 8.02. The molecule has 206 valence electrons. The van der Waals surface area contributed by atoms with Crippen LogP contribution in [0.2, 0.25) is 10.0 Å². The maximum absolute atomic E-state index is 13.2. The summed E-state index contributed by atoms with van der Waals surface area (Å²) in [6.07, 6.45) is 1.14. The highest BCUT2D eigenvalue weighted by atomic mass is 35.5. The van der Waals surface area contributed by atoms with Crippen molar-refractivity contribution >= 4 is 68.9 Å². The second kappa shape index (κ2) is 11.4. The van der Waals surface area contributed by atoms with Crippen LogP contribution in [0.15, 0.2) is 71.1 Å². The van der Waals surface area contributed by atoms with Crippen molar-refractivity contribution in [1.82, 2.24) is 5.32 Å². The normalized spacial score (nSPS) is 14.7. The minimum absolute atomic E-state index is 0.0836. The number of imide groups is 2. The first-order valence-corrected chi connectivity index (χ1v) is 13.3. The van der Waals surface area contributed by atoms with E-state index in [-0.39, 0.29) is 38.2 Å². The molecule has 1 fully saturated rings. The Balaban J connectivity index is 1.67. The molecule has 4 rings (SSSR count). The molecular formula is C26H18Cl2N2O9S. The summed E-state index contributed by atoms with van der Waals surface area (Å²) in [5, 5.41) is 2.19. The summed E-state index contributed by atoms with van der Waals surface area (Å²) >= 11 is 12.1. The number of barbiturate groups is 1. The molecule has 0 aromatic heterocycles. The number of carbonyl (C=O) groups excluding carboxylic acids is 4. The van der Waals surface area contributed by atoms with E-state index in [2.05, 4.69) is 10.1 Å². The van der Waals surface area contributed by atoms with E-state index in [1.807, 2.05) is 0 Å². The number of rotatable bonds is 7. The molecule has 14 heteroatoms. The zero-order valence-electron chi connectivity index (χ0n) is 20.6. The number of amides is 4. The molecule has 1 saturated heterocycles. The molecule has 0 bridgehead atoms. The summed E-state index contributed by atoms with van der Waals surface area (Å²) < 4.78 is 40.6.